The molecule has 6 nitrogen and oxygen atoms in total. The number of carbonyl (C=O) groups is 1. The van der Waals surface area contributed by atoms with Gasteiger partial charge >= 0.3 is 6.03 Å². The Morgan fingerprint density at radius 3 is 2.83 bits per heavy atom. The smallest absolute Gasteiger partial charge is 0.319 e. The van der Waals surface area contributed by atoms with Crippen LogP contribution in [0.4, 0.5) is 10.5 Å². The second-order valence-electron chi connectivity index (χ2n) is 5.55. The number of amides is 2. The normalized spacial score (nSPS) is 12.9. The molecule has 1 aromatic carbocycles. The van der Waals surface area contributed by atoms with Crippen LogP contribution in [-0.4, -0.2) is 21.1 Å². The molecule has 0 fully saturated rings. The van der Waals surface area contributed by atoms with Gasteiger partial charge in [0.25, 0.3) is 0 Å². The lowest BCUT2D eigenvalue weighted by molar-refractivity contribution is 0.249. The van der Waals surface area contributed by atoms with Crippen molar-refractivity contribution in [3.8, 4) is 6.07 Å². The molecule has 2 atom stereocenters. The Morgan fingerprint density at radius 1 is 1.42 bits per heavy atom. The third-order valence-corrected chi connectivity index (χ3v) is 4.59. The van der Waals surface area contributed by atoms with Gasteiger partial charge in [-0.15, -0.1) is 11.8 Å². The van der Waals surface area contributed by atoms with Crippen LogP contribution < -0.4 is 10.6 Å². The van der Waals surface area contributed by atoms with Crippen molar-refractivity contribution in [2.75, 3.05) is 5.32 Å². The number of anilines is 1. The van der Waals surface area contributed by atoms with E-state index in [2.05, 4.69) is 21.8 Å². The molecule has 0 bridgehead atoms. The summed E-state index contributed by atoms with van der Waals surface area (Å²) in [6.07, 6.45) is 4.07. The van der Waals surface area contributed by atoms with Gasteiger partial charge in [0.15, 0.2) is 0 Å². The van der Waals surface area contributed by atoms with Crippen molar-refractivity contribution in [2.24, 2.45) is 7.05 Å². The first-order valence-corrected chi connectivity index (χ1v) is 8.56. The number of nitrogens with one attached hydrogen (secondary N) is 2. The summed E-state index contributed by atoms with van der Waals surface area (Å²) in [5.41, 5.74) is 1.68. The van der Waals surface area contributed by atoms with Crippen molar-refractivity contribution < 1.29 is 4.79 Å². The van der Waals surface area contributed by atoms with Crippen LogP contribution in [0.2, 0.25) is 0 Å². The average Bonchev–Trinajstić information content (AvgIpc) is 2.96. The summed E-state index contributed by atoms with van der Waals surface area (Å²) < 4.78 is 1.70. The van der Waals surface area contributed by atoms with Gasteiger partial charge in [-0.1, -0.05) is 19.1 Å². The maximum atomic E-state index is 12.3. The number of carbonyl (C=O) groups excluding carboxylic acids is 1. The standard InChI is InChI=1S/C17H21N5OS/c1-12(8-9-18)24-16-7-5-4-6-15(16)21-17(23)20-13(2)14-10-19-22(3)11-14/h4-7,10-13H,8H2,1-3H3,(H2,20,21,23)/t12-,13+/m1/s1. The molecule has 0 unspecified atom stereocenters. The topological polar surface area (TPSA) is 82.7 Å². The monoisotopic (exact) mass is 343 g/mol. The highest BCUT2D eigenvalue weighted by Gasteiger charge is 2.13. The van der Waals surface area contributed by atoms with Gasteiger partial charge in [0.05, 0.1) is 24.0 Å². The van der Waals surface area contributed by atoms with Crippen LogP contribution >= 0.6 is 11.8 Å². The van der Waals surface area contributed by atoms with Crippen LogP contribution in [0.25, 0.3) is 0 Å². The van der Waals surface area contributed by atoms with E-state index in [0.29, 0.717) is 6.42 Å². The molecule has 0 aliphatic carbocycles. The lowest BCUT2D eigenvalue weighted by Crippen LogP contribution is -2.31. The molecule has 2 aromatic rings. The van der Waals surface area contributed by atoms with E-state index in [1.165, 1.54) is 0 Å². The minimum absolute atomic E-state index is 0.143. The van der Waals surface area contributed by atoms with Gasteiger partial charge < -0.3 is 10.6 Å². The summed E-state index contributed by atoms with van der Waals surface area (Å²) in [5, 5.41) is 18.8. The molecule has 1 aromatic heterocycles. The molecule has 2 N–H and O–H groups in total. The number of nitrogens with zero attached hydrogens (tertiary/aromatic N) is 3. The second kappa shape index (κ2) is 8.41. The zero-order chi connectivity index (χ0) is 17.5. The SMILES string of the molecule is C[C@H](CC#N)Sc1ccccc1NC(=O)N[C@@H](C)c1cnn(C)c1. The van der Waals surface area contributed by atoms with Crippen molar-refractivity contribution in [3.63, 3.8) is 0 Å². The Bertz CT molecular complexity index is 737. The van der Waals surface area contributed by atoms with Gasteiger partial charge in [0, 0.05) is 35.4 Å². The Balaban J connectivity index is 2.00. The first-order chi connectivity index (χ1) is 11.5. The Labute approximate surface area is 146 Å². The fourth-order valence-electron chi connectivity index (χ4n) is 2.16. The van der Waals surface area contributed by atoms with E-state index in [1.54, 1.807) is 22.6 Å². The molecule has 0 saturated carbocycles. The summed E-state index contributed by atoms with van der Waals surface area (Å²) >= 11 is 1.58. The first-order valence-electron chi connectivity index (χ1n) is 7.68. The number of nitriles is 1. The third kappa shape index (κ3) is 5.03. The Kier molecular flexibility index (Phi) is 6.27. The van der Waals surface area contributed by atoms with E-state index in [-0.39, 0.29) is 17.3 Å². The second-order valence-corrected chi connectivity index (χ2v) is 7.03. The molecule has 7 heteroatoms. The van der Waals surface area contributed by atoms with E-state index in [4.69, 9.17) is 5.26 Å². The Morgan fingerprint density at radius 2 is 2.17 bits per heavy atom. The minimum Gasteiger partial charge on any atom is -0.331 e. The quantitative estimate of drug-likeness (QED) is 0.784. The fraction of sp³-hybridized carbons (Fsp3) is 0.353. The highest BCUT2D eigenvalue weighted by Crippen LogP contribution is 2.31. The molecular formula is C17H21N5OS. The molecule has 126 valence electrons. The van der Waals surface area contributed by atoms with Gasteiger partial charge in [0.2, 0.25) is 0 Å². The maximum absolute atomic E-state index is 12.3. The summed E-state index contributed by atoms with van der Waals surface area (Å²) in [4.78, 5) is 13.2. The van der Waals surface area contributed by atoms with E-state index in [0.717, 1.165) is 16.1 Å². The van der Waals surface area contributed by atoms with Gasteiger partial charge in [-0.25, -0.2) is 4.79 Å². The maximum Gasteiger partial charge on any atom is 0.319 e. The van der Waals surface area contributed by atoms with Gasteiger partial charge in [0.1, 0.15) is 0 Å². The fourth-order valence-corrected chi connectivity index (χ4v) is 3.16. The van der Waals surface area contributed by atoms with Crippen molar-refractivity contribution >= 4 is 23.5 Å². The largest absolute Gasteiger partial charge is 0.331 e. The number of benzene rings is 1. The molecule has 0 spiro atoms. The van der Waals surface area contributed by atoms with Gasteiger partial charge in [-0.2, -0.15) is 10.4 Å². The van der Waals surface area contributed by atoms with Crippen molar-refractivity contribution in [2.45, 2.75) is 36.5 Å². The third-order valence-electron chi connectivity index (χ3n) is 3.41. The van der Waals surface area contributed by atoms with Crippen LogP contribution in [0.15, 0.2) is 41.6 Å². The molecule has 24 heavy (non-hydrogen) atoms. The van der Waals surface area contributed by atoms with E-state index < -0.39 is 0 Å². The number of thioether (sulfide) groups is 1. The first kappa shape index (κ1) is 17.9. The number of urea groups is 1. The summed E-state index contributed by atoms with van der Waals surface area (Å²) in [6, 6.07) is 9.35. The minimum atomic E-state index is -0.271. The highest BCUT2D eigenvalue weighted by atomic mass is 32.2. The van der Waals surface area contributed by atoms with E-state index >= 15 is 0 Å². The zero-order valence-electron chi connectivity index (χ0n) is 14.0. The molecule has 0 aliphatic heterocycles. The number of aryl methyl sites for hydroxylation is 1. The van der Waals surface area contributed by atoms with E-state index in [9.17, 15) is 4.79 Å². The van der Waals surface area contributed by atoms with Crippen LogP contribution in [0.1, 0.15) is 31.9 Å². The lowest BCUT2D eigenvalue weighted by Gasteiger charge is -2.16. The number of hydrogen-bond acceptors (Lipinski definition) is 4. The number of rotatable bonds is 6. The van der Waals surface area contributed by atoms with E-state index in [1.807, 2.05) is 51.4 Å². The lowest BCUT2D eigenvalue weighted by atomic mass is 10.2. The van der Waals surface area contributed by atoms with Crippen molar-refractivity contribution in [1.82, 2.24) is 15.1 Å². The number of hydrogen-bond donors (Lipinski definition) is 2. The molecule has 0 aliphatic rings. The zero-order valence-corrected chi connectivity index (χ0v) is 14.8. The average molecular weight is 343 g/mol. The molecule has 2 rings (SSSR count). The number of aromatic nitrogens is 2. The van der Waals surface area contributed by atoms with Crippen molar-refractivity contribution in [3.05, 3.63) is 42.2 Å². The van der Waals surface area contributed by atoms with Gasteiger partial charge in [-0.05, 0) is 19.1 Å². The van der Waals surface area contributed by atoms with Gasteiger partial charge in [-0.3, -0.25) is 4.68 Å². The Hall–Kier alpha value is -2.46. The molecule has 1 heterocycles. The summed E-state index contributed by atoms with van der Waals surface area (Å²) in [5.74, 6) is 0. The van der Waals surface area contributed by atoms with Crippen molar-refractivity contribution in [1.29, 1.82) is 5.26 Å². The highest BCUT2D eigenvalue weighted by molar-refractivity contribution is 8.00. The number of para-hydroxylation sites is 1. The van der Waals surface area contributed by atoms with Crippen LogP contribution in [-0.2, 0) is 7.05 Å². The molecule has 2 amide bonds. The predicted molar refractivity (Wildman–Crippen MR) is 95.8 cm³/mol. The summed E-state index contributed by atoms with van der Waals surface area (Å²) in [7, 11) is 1.84. The molecule has 0 saturated heterocycles. The predicted octanol–water partition coefficient (Wildman–Crippen LogP) is 3.70. The van der Waals surface area contributed by atoms with Crippen LogP contribution in [0.3, 0.4) is 0 Å². The van der Waals surface area contributed by atoms with Crippen LogP contribution in [0, 0.1) is 11.3 Å². The molecule has 0 radical (unpaired) electrons. The summed E-state index contributed by atoms with van der Waals surface area (Å²) in [6.45, 7) is 3.90. The van der Waals surface area contributed by atoms with Crippen LogP contribution in [0.5, 0.6) is 0 Å². The molecular weight excluding hydrogens is 322 g/mol.